The Morgan fingerprint density at radius 2 is 1.94 bits per heavy atom. The molecule has 10 heteroatoms. The minimum absolute atomic E-state index is 0.0360. The number of benzene rings is 2. The number of carbonyl (C=O) groups is 1. The van der Waals surface area contributed by atoms with Gasteiger partial charge in [0.1, 0.15) is 6.61 Å². The van der Waals surface area contributed by atoms with Crippen LogP contribution in [0, 0.1) is 13.7 Å². The van der Waals surface area contributed by atoms with Crippen molar-refractivity contribution in [2.45, 2.75) is 51.7 Å². The number of nitro groups is 1. The number of amides is 1. The molecule has 0 unspecified atom stereocenters. The van der Waals surface area contributed by atoms with Crippen molar-refractivity contribution in [2.75, 3.05) is 13.2 Å². The summed E-state index contributed by atoms with van der Waals surface area (Å²) in [6.45, 7) is 2.83. The van der Waals surface area contributed by atoms with Gasteiger partial charge in [-0.05, 0) is 77.7 Å². The van der Waals surface area contributed by atoms with E-state index in [0.717, 1.165) is 27.5 Å². The first kappa shape index (κ1) is 25.9. The number of hydrazone groups is 1. The molecule has 0 atom stereocenters. The molecule has 0 radical (unpaired) electrons. The van der Waals surface area contributed by atoms with Gasteiger partial charge in [0.25, 0.3) is 11.6 Å². The molecule has 2 N–H and O–H groups in total. The molecule has 1 fully saturated rings. The Morgan fingerprint density at radius 3 is 2.62 bits per heavy atom. The lowest BCUT2D eigenvalue weighted by Crippen LogP contribution is -2.38. The van der Waals surface area contributed by atoms with Crippen LogP contribution in [0.1, 0.15) is 50.2 Å². The summed E-state index contributed by atoms with van der Waals surface area (Å²) in [5.74, 6) is 0.964. The third-order valence-electron chi connectivity index (χ3n) is 5.42. The molecule has 0 aliphatic heterocycles. The number of nitro benzene ring substituents is 1. The molecule has 0 saturated heterocycles. The van der Waals surface area contributed by atoms with Crippen LogP contribution in [-0.4, -0.2) is 36.2 Å². The minimum Gasteiger partial charge on any atom is -0.490 e. The maximum absolute atomic E-state index is 12.1. The van der Waals surface area contributed by atoms with Crippen LogP contribution in [0.2, 0.25) is 0 Å². The maximum Gasteiger partial charge on any atom is 0.269 e. The Bertz CT molecular complexity index is 1010. The molecular formula is C24H29IN4O5. The van der Waals surface area contributed by atoms with Gasteiger partial charge in [-0.2, -0.15) is 5.10 Å². The topological polar surface area (TPSA) is 115 Å². The lowest BCUT2D eigenvalue weighted by Gasteiger charge is -2.22. The summed E-state index contributed by atoms with van der Waals surface area (Å²) >= 11 is 2.16. The summed E-state index contributed by atoms with van der Waals surface area (Å²) in [5.41, 5.74) is 4.16. The number of nitrogens with one attached hydrogen (secondary N) is 2. The minimum atomic E-state index is -0.434. The maximum atomic E-state index is 12.1. The van der Waals surface area contributed by atoms with Gasteiger partial charge < -0.3 is 14.8 Å². The van der Waals surface area contributed by atoms with Crippen LogP contribution in [0.25, 0.3) is 0 Å². The largest absolute Gasteiger partial charge is 0.490 e. The normalized spacial score (nSPS) is 14.2. The number of hydrogen-bond acceptors (Lipinski definition) is 7. The van der Waals surface area contributed by atoms with Gasteiger partial charge in [-0.3, -0.25) is 14.9 Å². The third-order valence-corrected chi connectivity index (χ3v) is 6.22. The molecule has 182 valence electrons. The van der Waals surface area contributed by atoms with Crippen molar-refractivity contribution in [3.63, 3.8) is 0 Å². The number of non-ortho nitro benzene ring substituents is 1. The number of halogens is 1. The van der Waals surface area contributed by atoms with Crippen molar-refractivity contribution in [3.8, 4) is 11.5 Å². The van der Waals surface area contributed by atoms with Gasteiger partial charge in [0.05, 0.1) is 27.9 Å². The highest BCUT2D eigenvalue weighted by atomic mass is 127. The Labute approximate surface area is 212 Å². The highest BCUT2D eigenvalue weighted by molar-refractivity contribution is 14.1. The zero-order valence-corrected chi connectivity index (χ0v) is 21.2. The number of nitrogens with zero attached hydrogens (tertiary/aromatic N) is 2. The van der Waals surface area contributed by atoms with Crippen LogP contribution in [0.5, 0.6) is 11.5 Å². The van der Waals surface area contributed by atoms with E-state index in [1.54, 1.807) is 24.4 Å². The number of carbonyl (C=O) groups excluding carboxylic acids is 1. The van der Waals surface area contributed by atoms with Gasteiger partial charge in [-0.15, -0.1) is 0 Å². The van der Waals surface area contributed by atoms with E-state index in [1.807, 2.05) is 13.0 Å². The average molecular weight is 580 g/mol. The molecule has 1 saturated carbocycles. The zero-order valence-electron chi connectivity index (χ0n) is 19.1. The van der Waals surface area contributed by atoms with Crippen LogP contribution in [0.4, 0.5) is 5.69 Å². The van der Waals surface area contributed by atoms with Crippen LogP contribution >= 0.6 is 22.6 Å². The van der Waals surface area contributed by atoms with Crippen molar-refractivity contribution in [1.29, 1.82) is 0 Å². The first-order valence-corrected chi connectivity index (χ1v) is 12.4. The molecule has 1 aliphatic rings. The average Bonchev–Trinajstić information content (AvgIpc) is 2.83. The summed E-state index contributed by atoms with van der Waals surface area (Å²) < 4.78 is 12.5. The van der Waals surface area contributed by atoms with E-state index < -0.39 is 4.92 Å². The molecule has 2 aromatic rings. The van der Waals surface area contributed by atoms with Gasteiger partial charge in [-0.25, -0.2) is 5.43 Å². The van der Waals surface area contributed by atoms with Gasteiger partial charge in [0.2, 0.25) is 0 Å². The standard InChI is InChI=1S/C24H29IN4O5/c1-2-33-22-13-18(14-27-28-23(30)15-26-19-6-4-3-5-7-19)12-21(25)24(22)34-16-17-8-10-20(11-9-17)29(31)32/h8-14,19,26H,2-7,15-16H2,1H3,(H,28,30)/b27-14-. The summed E-state index contributed by atoms with van der Waals surface area (Å²) in [7, 11) is 0. The Hall–Kier alpha value is -2.73. The Balaban J connectivity index is 1.58. The van der Waals surface area contributed by atoms with Gasteiger partial charge >= 0.3 is 0 Å². The Morgan fingerprint density at radius 1 is 1.21 bits per heavy atom. The first-order chi connectivity index (χ1) is 16.5. The molecule has 34 heavy (non-hydrogen) atoms. The predicted octanol–water partition coefficient (Wildman–Crippen LogP) is 4.55. The van der Waals surface area contributed by atoms with Crippen molar-refractivity contribution in [3.05, 3.63) is 61.2 Å². The lowest BCUT2D eigenvalue weighted by atomic mass is 9.95. The second kappa shape index (κ2) is 13.2. The SMILES string of the molecule is CCOc1cc(/C=N\NC(=O)CNC2CCCCC2)cc(I)c1OCc1ccc([N+](=O)[O-])cc1. The van der Waals surface area contributed by atoms with Crippen LogP contribution in [0.3, 0.4) is 0 Å². The van der Waals surface area contributed by atoms with Crippen LogP contribution in [-0.2, 0) is 11.4 Å². The van der Waals surface area contributed by atoms with Crippen molar-refractivity contribution in [2.24, 2.45) is 5.10 Å². The third kappa shape index (κ3) is 7.94. The van der Waals surface area contributed by atoms with Gasteiger partial charge in [0, 0.05) is 18.2 Å². The van der Waals surface area contributed by atoms with E-state index in [4.69, 9.17) is 9.47 Å². The number of hydrogen-bond donors (Lipinski definition) is 2. The summed E-state index contributed by atoms with van der Waals surface area (Å²) in [6, 6.07) is 10.3. The molecule has 0 bridgehead atoms. The van der Waals surface area contributed by atoms with Crippen molar-refractivity contribution in [1.82, 2.24) is 10.7 Å². The second-order valence-electron chi connectivity index (χ2n) is 7.98. The van der Waals surface area contributed by atoms with Crippen LogP contribution < -0.4 is 20.2 Å². The molecule has 1 aliphatic carbocycles. The molecular weight excluding hydrogens is 551 g/mol. The smallest absolute Gasteiger partial charge is 0.269 e. The molecule has 9 nitrogen and oxygen atoms in total. The highest BCUT2D eigenvalue weighted by Gasteiger charge is 2.14. The fraction of sp³-hybridized carbons (Fsp3) is 0.417. The van der Waals surface area contributed by atoms with E-state index >= 15 is 0 Å². The fourth-order valence-electron chi connectivity index (χ4n) is 3.70. The summed E-state index contributed by atoms with van der Waals surface area (Å²) in [4.78, 5) is 22.5. The van der Waals surface area contributed by atoms with E-state index in [-0.39, 0.29) is 24.7 Å². The lowest BCUT2D eigenvalue weighted by molar-refractivity contribution is -0.384. The first-order valence-electron chi connectivity index (χ1n) is 11.3. The summed E-state index contributed by atoms with van der Waals surface area (Å²) in [5, 5.41) is 18.2. The van der Waals surface area contributed by atoms with Crippen LogP contribution in [0.15, 0.2) is 41.5 Å². The molecule has 2 aromatic carbocycles. The van der Waals surface area contributed by atoms with E-state index in [0.29, 0.717) is 24.1 Å². The zero-order chi connectivity index (χ0) is 24.3. The van der Waals surface area contributed by atoms with Gasteiger partial charge in [-0.1, -0.05) is 19.3 Å². The predicted molar refractivity (Wildman–Crippen MR) is 138 cm³/mol. The molecule has 3 rings (SSSR count). The Kier molecular flexibility index (Phi) is 10.1. The van der Waals surface area contributed by atoms with Crippen molar-refractivity contribution >= 4 is 40.4 Å². The van der Waals surface area contributed by atoms with E-state index in [1.165, 1.54) is 31.4 Å². The van der Waals surface area contributed by atoms with Gasteiger partial charge in [0.15, 0.2) is 11.5 Å². The molecule has 1 amide bonds. The summed E-state index contributed by atoms with van der Waals surface area (Å²) in [6.07, 6.45) is 7.51. The molecule has 0 heterocycles. The van der Waals surface area contributed by atoms with E-state index in [2.05, 4.69) is 38.4 Å². The fourth-order valence-corrected chi connectivity index (χ4v) is 4.48. The number of ether oxygens (including phenoxy) is 2. The quantitative estimate of drug-likeness (QED) is 0.175. The van der Waals surface area contributed by atoms with E-state index in [9.17, 15) is 14.9 Å². The van der Waals surface area contributed by atoms with Crippen molar-refractivity contribution < 1.29 is 19.2 Å². The number of rotatable bonds is 11. The monoisotopic (exact) mass is 580 g/mol. The second-order valence-corrected chi connectivity index (χ2v) is 9.15. The highest BCUT2D eigenvalue weighted by Crippen LogP contribution is 2.34. The molecule has 0 aromatic heterocycles. The molecule has 0 spiro atoms.